The van der Waals surface area contributed by atoms with Gasteiger partial charge < -0.3 is 10.2 Å². The van der Waals surface area contributed by atoms with Crippen LogP contribution >= 0.6 is 23.2 Å². The number of nitro groups is 2. The van der Waals surface area contributed by atoms with E-state index in [4.69, 9.17) is 33.4 Å². The second-order valence-corrected chi connectivity index (χ2v) is 5.29. The molecular weight excluding hydrogens is 395 g/mol. The first-order chi connectivity index (χ1) is 12.0. The Labute approximate surface area is 154 Å². The monoisotopic (exact) mass is 402 g/mol. The van der Waals surface area contributed by atoms with E-state index in [2.05, 4.69) is 0 Å². The van der Waals surface area contributed by atoms with Crippen molar-refractivity contribution < 1.29 is 29.6 Å². The van der Waals surface area contributed by atoms with E-state index in [0.717, 1.165) is 30.3 Å². The molecule has 0 aliphatic rings. The van der Waals surface area contributed by atoms with Gasteiger partial charge in [0.25, 0.3) is 11.4 Å². The van der Waals surface area contributed by atoms with Crippen LogP contribution in [0.3, 0.4) is 0 Å². The molecule has 0 amide bonds. The molecule has 0 radical (unpaired) electrons. The Morgan fingerprint density at radius 1 is 0.846 bits per heavy atom. The van der Waals surface area contributed by atoms with Crippen LogP contribution in [0.4, 0.5) is 11.4 Å². The highest BCUT2D eigenvalue weighted by atomic mass is 35.5. The third kappa shape index (κ3) is 5.40. The lowest BCUT2D eigenvalue weighted by atomic mass is 10.2. The standard InChI is InChI=1S/2C7H4ClNO4/c8-6-3-4(9(12)13)1-2-5(6)7(10)11;8-4-1-2-5(7(10)11)6(3-4)9(12)13/h2*1-3H,(H,10,11). The SMILES string of the molecule is O=C(O)c1ccc(Cl)cc1[N+](=O)[O-].O=C(O)c1ccc([N+](=O)[O-])cc1Cl. The zero-order valence-corrected chi connectivity index (χ0v) is 14.0. The summed E-state index contributed by atoms with van der Waals surface area (Å²) in [6, 6.07) is 6.59. The molecule has 0 aromatic heterocycles. The van der Waals surface area contributed by atoms with Gasteiger partial charge in [-0.1, -0.05) is 23.2 Å². The number of rotatable bonds is 4. The summed E-state index contributed by atoms with van der Waals surface area (Å²) in [4.78, 5) is 40.1. The van der Waals surface area contributed by atoms with Crippen molar-refractivity contribution in [3.63, 3.8) is 0 Å². The lowest BCUT2D eigenvalue weighted by Gasteiger charge is -1.97. The number of nitro benzene ring substituents is 2. The van der Waals surface area contributed by atoms with Crippen LogP contribution in [0.25, 0.3) is 0 Å². The number of carboxylic acid groups (broad SMARTS) is 2. The fourth-order valence-corrected chi connectivity index (χ4v) is 2.05. The Morgan fingerprint density at radius 2 is 1.38 bits per heavy atom. The highest BCUT2D eigenvalue weighted by Crippen LogP contribution is 2.23. The molecule has 0 atom stereocenters. The molecule has 2 rings (SSSR count). The molecule has 2 aromatic rings. The van der Waals surface area contributed by atoms with E-state index in [9.17, 15) is 29.8 Å². The molecule has 0 aliphatic heterocycles. The number of carboxylic acids is 2. The summed E-state index contributed by atoms with van der Waals surface area (Å²) in [5.74, 6) is -2.55. The topological polar surface area (TPSA) is 161 Å². The minimum atomic E-state index is -1.34. The maximum atomic E-state index is 10.5. The minimum Gasteiger partial charge on any atom is -0.478 e. The zero-order chi connectivity index (χ0) is 20.0. The number of hydrogen-bond donors (Lipinski definition) is 2. The Kier molecular flexibility index (Phi) is 6.99. The first-order valence-electron chi connectivity index (χ1n) is 6.39. The van der Waals surface area contributed by atoms with E-state index in [0.29, 0.717) is 0 Å². The minimum absolute atomic E-state index is 0.136. The summed E-state index contributed by atoms with van der Waals surface area (Å²) in [6.07, 6.45) is 0. The molecular formula is C14H8Cl2N2O8. The van der Waals surface area contributed by atoms with Crippen molar-refractivity contribution in [2.24, 2.45) is 0 Å². The molecule has 136 valence electrons. The lowest BCUT2D eigenvalue weighted by Crippen LogP contribution is -2.01. The van der Waals surface area contributed by atoms with E-state index in [1.165, 1.54) is 6.07 Å². The number of halogens is 2. The molecule has 0 spiro atoms. The van der Waals surface area contributed by atoms with Gasteiger partial charge in [-0.25, -0.2) is 9.59 Å². The average molecular weight is 403 g/mol. The van der Waals surface area contributed by atoms with E-state index in [1.54, 1.807) is 0 Å². The van der Waals surface area contributed by atoms with Crippen LogP contribution < -0.4 is 0 Å². The summed E-state index contributed by atoms with van der Waals surface area (Å²) in [5, 5.41) is 37.7. The molecule has 10 nitrogen and oxygen atoms in total. The second-order valence-electron chi connectivity index (χ2n) is 4.45. The van der Waals surface area contributed by atoms with Gasteiger partial charge in [-0.05, 0) is 18.2 Å². The van der Waals surface area contributed by atoms with Crippen LogP contribution in [0.1, 0.15) is 20.7 Å². The van der Waals surface area contributed by atoms with Crippen molar-refractivity contribution in [2.75, 3.05) is 0 Å². The van der Waals surface area contributed by atoms with E-state index in [-0.39, 0.29) is 26.9 Å². The third-order valence-corrected chi connectivity index (χ3v) is 3.33. The second kappa shape index (κ2) is 8.74. The number of carbonyl (C=O) groups is 2. The van der Waals surface area contributed by atoms with Crippen molar-refractivity contribution in [1.29, 1.82) is 0 Å². The molecule has 2 N–H and O–H groups in total. The number of non-ortho nitro benzene ring substituents is 1. The van der Waals surface area contributed by atoms with E-state index >= 15 is 0 Å². The van der Waals surface area contributed by atoms with Gasteiger partial charge in [-0.15, -0.1) is 0 Å². The van der Waals surface area contributed by atoms with Crippen LogP contribution in [0.15, 0.2) is 36.4 Å². The van der Waals surface area contributed by atoms with Crippen molar-refractivity contribution in [1.82, 2.24) is 0 Å². The van der Waals surface area contributed by atoms with Gasteiger partial charge in [-0.3, -0.25) is 20.2 Å². The largest absolute Gasteiger partial charge is 0.478 e. The number of aromatic carboxylic acids is 2. The molecule has 2 aromatic carbocycles. The molecule has 0 heterocycles. The smallest absolute Gasteiger partial charge is 0.342 e. The Morgan fingerprint density at radius 3 is 1.81 bits per heavy atom. The van der Waals surface area contributed by atoms with Gasteiger partial charge in [0.1, 0.15) is 5.56 Å². The lowest BCUT2D eigenvalue weighted by molar-refractivity contribution is -0.385. The highest BCUT2D eigenvalue weighted by Gasteiger charge is 2.19. The first-order valence-corrected chi connectivity index (χ1v) is 7.14. The number of hydrogen-bond acceptors (Lipinski definition) is 6. The van der Waals surface area contributed by atoms with Gasteiger partial charge >= 0.3 is 11.9 Å². The highest BCUT2D eigenvalue weighted by molar-refractivity contribution is 6.33. The number of nitrogens with zero attached hydrogens (tertiary/aromatic N) is 2. The van der Waals surface area contributed by atoms with Crippen LogP contribution in [0, 0.1) is 20.2 Å². The van der Waals surface area contributed by atoms with Crippen molar-refractivity contribution in [2.45, 2.75) is 0 Å². The quantitative estimate of drug-likeness (QED) is 0.574. The molecule has 26 heavy (non-hydrogen) atoms. The van der Waals surface area contributed by atoms with Gasteiger partial charge in [0.15, 0.2) is 0 Å². The summed E-state index contributed by atoms with van der Waals surface area (Å²) < 4.78 is 0. The van der Waals surface area contributed by atoms with E-state index in [1.807, 2.05) is 0 Å². The van der Waals surface area contributed by atoms with Crippen LogP contribution in [-0.2, 0) is 0 Å². The molecule has 0 unspecified atom stereocenters. The fraction of sp³-hybridized carbons (Fsp3) is 0. The molecule has 0 aliphatic carbocycles. The van der Waals surface area contributed by atoms with Crippen molar-refractivity contribution in [3.05, 3.63) is 77.8 Å². The Balaban J connectivity index is 0.000000260. The predicted octanol–water partition coefficient (Wildman–Crippen LogP) is 3.89. The maximum absolute atomic E-state index is 10.5. The van der Waals surface area contributed by atoms with Crippen molar-refractivity contribution in [3.8, 4) is 0 Å². The third-order valence-electron chi connectivity index (χ3n) is 2.78. The van der Waals surface area contributed by atoms with Crippen LogP contribution in [0.5, 0.6) is 0 Å². The van der Waals surface area contributed by atoms with Crippen molar-refractivity contribution >= 4 is 46.5 Å². The Bertz CT molecular complexity index is 901. The summed E-state index contributed by atoms with van der Waals surface area (Å²) in [6.45, 7) is 0. The first kappa shape index (κ1) is 20.8. The summed E-state index contributed by atoms with van der Waals surface area (Å²) in [5.41, 5.74) is -1.24. The summed E-state index contributed by atoms with van der Waals surface area (Å²) in [7, 11) is 0. The summed E-state index contributed by atoms with van der Waals surface area (Å²) >= 11 is 11.0. The van der Waals surface area contributed by atoms with Crippen LogP contribution in [0.2, 0.25) is 10.0 Å². The van der Waals surface area contributed by atoms with Gasteiger partial charge in [0.2, 0.25) is 0 Å². The van der Waals surface area contributed by atoms with Crippen LogP contribution in [-0.4, -0.2) is 32.0 Å². The molecule has 0 saturated heterocycles. The Hall–Kier alpha value is -3.24. The number of benzene rings is 2. The maximum Gasteiger partial charge on any atom is 0.342 e. The molecule has 0 bridgehead atoms. The normalized spacial score (nSPS) is 9.62. The van der Waals surface area contributed by atoms with Gasteiger partial charge in [0, 0.05) is 23.2 Å². The molecule has 0 saturated carbocycles. The predicted molar refractivity (Wildman–Crippen MR) is 90.1 cm³/mol. The fourth-order valence-electron chi connectivity index (χ4n) is 1.63. The molecule has 12 heteroatoms. The zero-order valence-electron chi connectivity index (χ0n) is 12.5. The van der Waals surface area contributed by atoms with E-state index < -0.39 is 27.5 Å². The average Bonchev–Trinajstić information content (AvgIpc) is 2.54. The van der Waals surface area contributed by atoms with Gasteiger partial charge in [0.05, 0.1) is 20.4 Å². The van der Waals surface area contributed by atoms with Gasteiger partial charge in [-0.2, -0.15) is 0 Å². The molecule has 0 fully saturated rings.